The number of benzene rings is 1. The summed E-state index contributed by atoms with van der Waals surface area (Å²) in [7, 11) is 1.68. The highest BCUT2D eigenvalue weighted by Gasteiger charge is 2.09. The molecule has 1 aromatic carbocycles. The number of hydrogen-bond donors (Lipinski definition) is 0. The number of thiazole rings is 1. The summed E-state index contributed by atoms with van der Waals surface area (Å²) < 4.78 is 9.74. The lowest BCUT2D eigenvalue weighted by Gasteiger charge is -2.08. The van der Waals surface area contributed by atoms with Crippen LogP contribution < -0.4 is 9.54 Å². The SMILES string of the molecule is COc1cccc(N=c2scc(-c3cccs3)n2CCCn2ccnc2)c1. The van der Waals surface area contributed by atoms with Crippen LogP contribution in [0.1, 0.15) is 6.42 Å². The van der Waals surface area contributed by atoms with Gasteiger partial charge in [0.15, 0.2) is 4.80 Å². The molecule has 0 bridgehead atoms. The Hall–Kier alpha value is -2.64. The maximum absolute atomic E-state index is 5.32. The van der Waals surface area contributed by atoms with E-state index in [9.17, 15) is 0 Å². The van der Waals surface area contributed by atoms with Gasteiger partial charge in [0, 0.05) is 36.9 Å². The van der Waals surface area contributed by atoms with Crippen molar-refractivity contribution in [1.82, 2.24) is 14.1 Å². The molecular weight excluding hydrogens is 376 g/mol. The summed E-state index contributed by atoms with van der Waals surface area (Å²) in [5.74, 6) is 0.818. The highest BCUT2D eigenvalue weighted by Crippen LogP contribution is 2.26. The lowest BCUT2D eigenvalue weighted by atomic mass is 10.3. The van der Waals surface area contributed by atoms with Gasteiger partial charge in [-0.1, -0.05) is 12.1 Å². The van der Waals surface area contributed by atoms with Crippen LogP contribution >= 0.6 is 22.7 Å². The summed E-state index contributed by atoms with van der Waals surface area (Å²) in [6.07, 6.45) is 6.69. The minimum atomic E-state index is 0.818. The quantitative estimate of drug-likeness (QED) is 0.450. The van der Waals surface area contributed by atoms with E-state index in [1.54, 1.807) is 29.8 Å². The number of aryl methyl sites for hydroxylation is 1. The van der Waals surface area contributed by atoms with Gasteiger partial charge < -0.3 is 13.9 Å². The number of thiophene rings is 1. The lowest BCUT2D eigenvalue weighted by Crippen LogP contribution is -2.16. The summed E-state index contributed by atoms with van der Waals surface area (Å²) in [5.41, 5.74) is 2.12. The molecule has 3 heterocycles. The zero-order valence-electron chi connectivity index (χ0n) is 15.0. The fourth-order valence-electron chi connectivity index (χ4n) is 2.88. The fraction of sp³-hybridized carbons (Fsp3) is 0.200. The summed E-state index contributed by atoms with van der Waals surface area (Å²) in [6.45, 7) is 1.84. The van der Waals surface area contributed by atoms with Crippen LogP contribution in [0.15, 0.2) is 70.9 Å². The van der Waals surface area contributed by atoms with Gasteiger partial charge in [0.1, 0.15) is 5.75 Å². The molecule has 0 unspecified atom stereocenters. The number of ether oxygens (including phenoxy) is 1. The van der Waals surface area contributed by atoms with Gasteiger partial charge in [0.05, 0.1) is 29.7 Å². The van der Waals surface area contributed by atoms with Gasteiger partial charge in [-0.25, -0.2) is 9.98 Å². The molecule has 0 N–H and O–H groups in total. The summed E-state index contributed by atoms with van der Waals surface area (Å²) in [4.78, 5) is 11.3. The van der Waals surface area contributed by atoms with Crippen LogP contribution in [0.5, 0.6) is 5.75 Å². The number of nitrogens with zero attached hydrogens (tertiary/aromatic N) is 4. The Kier molecular flexibility index (Phi) is 5.50. The Bertz CT molecular complexity index is 1050. The Morgan fingerprint density at radius 3 is 2.89 bits per heavy atom. The maximum atomic E-state index is 5.32. The van der Waals surface area contributed by atoms with Crippen molar-refractivity contribution in [3.05, 3.63) is 70.7 Å². The molecule has 0 aliphatic rings. The molecule has 0 amide bonds. The van der Waals surface area contributed by atoms with Crippen LogP contribution in [-0.2, 0) is 13.1 Å². The third kappa shape index (κ3) is 4.20. The molecule has 4 aromatic rings. The van der Waals surface area contributed by atoms with E-state index in [0.717, 1.165) is 35.7 Å². The van der Waals surface area contributed by atoms with Crippen LogP contribution in [-0.4, -0.2) is 21.2 Å². The van der Waals surface area contributed by atoms with E-state index in [1.165, 1.54) is 10.6 Å². The van der Waals surface area contributed by atoms with Gasteiger partial charge in [-0.2, -0.15) is 0 Å². The highest BCUT2D eigenvalue weighted by molar-refractivity contribution is 7.14. The molecule has 0 saturated heterocycles. The van der Waals surface area contributed by atoms with Crippen molar-refractivity contribution in [2.75, 3.05) is 7.11 Å². The van der Waals surface area contributed by atoms with E-state index in [4.69, 9.17) is 9.73 Å². The third-order valence-electron chi connectivity index (χ3n) is 4.21. The van der Waals surface area contributed by atoms with E-state index in [1.807, 2.05) is 43.0 Å². The van der Waals surface area contributed by atoms with Crippen molar-refractivity contribution >= 4 is 28.4 Å². The normalized spacial score (nSPS) is 11.8. The molecule has 0 spiro atoms. The Balaban J connectivity index is 1.67. The summed E-state index contributed by atoms with van der Waals surface area (Å²) >= 11 is 3.43. The first-order valence-electron chi connectivity index (χ1n) is 8.70. The van der Waals surface area contributed by atoms with Crippen molar-refractivity contribution in [2.24, 2.45) is 4.99 Å². The Morgan fingerprint density at radius 2 is 2.11 bits per heavy atom. The van der Waals surface area contributed by atoms with Gasteiger partial charge in [-0.05, 0) is 30.0 Å². The van der Waals surface area contributed by atoms with Crippen LogP contribution in [0.2, 0.25) is 0 Å². The number of aromatic nitrogens is 3. The number of rotatable bonds is 7. The van der Waals surface area contributed by atoms with Crippen molar-refractivity contribution in [3.8, 4) is 16.3 Å². The zero-order valence-corrected chi connectivity index (χ0v) is 16.6. The molecule has 138 valence electrons. The molecule has 0 aliphatic carbocycles. The molecule has 0 radical (unpaired) electrons. The van der Waals surface area contributed by atoms with Crippen molar-refractivity contribution in [3.63, 3.8) is 0 Å². The zero-order chi connectivity index (χ0) is 18.5. The van der Waals surface area contributed by atoms with E-state index in [0.29, 0.717) is 0 Å². The second-order valence-corrected chi connectivity index (χ2v) is 7.78. The topological polar surface area (TPSA) is 44.3 Å². The van der Waals surface area contributed by atoms with Crippen molar-refractivity contribution in [1.29, 1.82) is 0 Å². The van der Waals surface area contributed by atoms with Gasteiger partial charge in [0.25, 0.3) is 0 Å². The summed E-state index contributed by atoms with van der Waals surface area (Å²) in [5, 5.41) is 4.31. The second kappa shape index (κ2) is 8.37. The van der Waals surface area contributed by atoms with Crippen molar-refractivity contribution < 1.29 is 4.74 Å². The molecule has 7 heteroatoms. The molecule has 27 heavy (non-hydrogen) atoms. The van der Waals surface area contributed by atoms with E-state index >= 15 is 0 Å². The van der Waals surface area contributed by atoms with Gasteiger partial charge >= 0.3 is 0 Å². The minimum Gasteiger partial charge on any atom is -0.497 e. The monoisotopic (exact) mass is 396 g/mol. The van der Waals surface area contributed by atoms with E-state index < -0.39 is 0 Å². The van der Waals surface area contributed by atoms with Gasteiger partial charge in [0.2, 0.25) is 0 Å². The molecule has 0 aliphatic heterocycles. The van der Waals surface area contributed by atoms with Crippen molar-refractivity contribution in [2.45, 2.75) is 19.5 Å². The Morgan fingerprint density at radius 1 is 1.15 bits per heavy atom. The standard InChI is InChI=1S/C20H20N4OS2/c1-25-17-6-2-5-16(13-17)22-20-24(10-4-9-23-11-8-21-15-23)18(14-27-20)19-7-3-12-26-19/h2-3,5-8,11-15H,4,9-10H2,1H3. The predicted molar refractivity (Wildman–Crippen MR) is 111 cm³/mol. The Labute approximate surface area is 165 Å². The van der Waals surface area contributed by atoms with Gasteiger partial charge in [-0.3, -0.25) is 0 Å². The first-order chi connectivity index (χ1) is 13.3. The van der Waals surface area contributed by atoms with E-state index in [-0.39, 0.29) is 0 Å². The predicted octanol–water partition coefficient (Wildman–Crippen LogP) is 4.81. The average Bonchev–Trinajstić information content (AvgIpc) is 3.44. The molecular formula is C20H20N4OS2. The molecule has 0 fully saturated rings. The minimum absolute atomic E-state index is 0.818. The second-order valence-electron chi connectivity index (χ2n) is 6.00. The highest BCUT2D eigenvalue weighted by atomic mass is 32.1. The van der Waals surface area contributed by atoms with Crippen LogP contribution in [0, 0.1) is 0 Å². The van der Waals surface area contributed by atoms with Gasteiger partial charge in [-0.15, -0.1) is 22.7 Å². The molecule has 5 nitrogen and oxygen atoms in total. The molecule has 3 aromatic heterocycles. The molecule has 4 rings (SSSR count). The lowest BCUT2D eigenvalue weighted by molar-refractivity contribution is 0.415. The van der Waals surface area contributed by atoms with E-state index in [2.05, 4.69) is 37.0 Å². The largest absolute Gasteiger partial charge is 0.497 e. The van der Waals surface area contributed by atoms with Crippen LogP contribution in [0.4, 0.5) is 5.69 Å². The first kappa shape index (κ1) is 17.8. The average molecular weight is 397 g/mol. The molecule has 0 atom stereocenters. The number of imidazole rings is 1. The maximum Gasteiger partial charge on any atom is 0.190 e. The third-order valence-corrected chi connectivity index (χ3v) is 5.96. The number of hydrogen-bond acceptors (Lipinski definition) is 5. The van der Waals surface area contributed by atoms with Crippen LogP contribution in [0.3, 0.4) is 0 Å². The summed E-state index contributed by atoms with van der Waals surface area (Å²) in [6, 6.07) is 12.1. The smallest absolute Gasteiger partial charge is 0.190 e. The molecule has 0 saturated carbocycles. The first-order valence-corrected chi connectivity index (χ1v) is 10.5. The number of methoxy groups -OCH3 is 1. The van der Waals surface area contributed by atoms with Crippen LogP contribution in [0.25, 0.3) is 10.6 Å². The fourth-order valence-corrected chi connectivity index (χ4v) is 4.65.